The van der Waals surface area contributed by atoms with E-state index in [4.69, 9.17) is 5.26 Å². The van der Waals surface area contributed by atoms with Crippen LogP contribution in [0.5, 0.6) is 0 Å². The predicted octanol–water partition coefficient (Wildman–Crippen LogP) is -0.199. The Morgan fingerprint density at radius 1 is 1.32 bits per heavy atom. The van der Waals surface area contributed by atoms with Crippen LogP contribution in [0.3, 0.4) is 0 Å². The Morgan fingerprint density at radius 2 is 2.00 bits per heavy atom. The van der Waals surface area contributed by atoms with Crippen molar-refractivity contribution in [1.82, 2.24) is 24.0 Å². The third kappa shape index (κ3) is 2.72. The second-order valence-electron chi connectivity index (χ2n) is 6.34. The topological polar surface area (TPSA) is 101 Å². The third-order valence-corrected chi connectivity index (χ3v) is 4.82. The number of imidazole rings is 1. The zero-order chi connectivity index (χ0) is 18.1. The molecule has 134 valence electrons. The highest BCUT2D eigenvalue weighted by Crippen LogP contribution is 2.26. The minimum Gasteiger partial charge on any atom is -0.340 e. The number of piperazine rings is 1. The Kier molecular flexibility index (Phi) is 4.63. The molecule has 3 rings (SSSR count). The lowest BCUT2D eigenvalue weighted by Gasteiger charge is -2.30. The molecule has 1 N–H and O–H groups in total. The SMILES string of the molecule is CCC(C)n1c(N2CCNCC2)nc2c1c(=O)n(CC#N)c(=O)n2C. The van der Waals surface area contributed by atoms with E-state index >= 15 is 0 Å². The van der Waals surface area contributed by atoms with E-state index in [2.05, 4.69) is 15.2 Å². The zero-order valence-corrected chi connectivity index (χ0v) is 14.8. The fourth-order valence-corrected chi connectivity index (χ4v) is 3.23. The van der Waals surface area contributed by atoms with Crippen LogP contribution in [0, 0.1) is 11.3 Å². The van der Waals surface area contributed by atoms with E-state index in [1.807, 2.05) is 24.5 Å². The maximum Gasteiger partial charge on any atom is 0.333 e. The number of aromatic nitrogens is 4. The smallest absolute Gasteiger partial charge is 0.333 e. The van der Waals surface area contributed by atoms with Gasteiger partial charge < -0.3 is 14.8 Å². The van der Waals surface area contributed by atoms with Gasteiger partial charge in [-0.1, -0.05) is 6.92 Å². The number of nitriles is 1. The van der Waals surface area contributed by atoms with Gasteiger partial charge in [-0.2, -0.15) is 10.2 Å². The van der Waals surface area contributed by atoms with Crippen LogP contribution >= 0.6 is 0 Å². The van der Waals surface area contributed by atoms with E-state index in [0.29, 0.717) is 17.1 Å². The molecule has 9 heteroatoms. The summed E-state index contributed by atoms with van der Waals surface area (Å²) in [6.45, 7) is 7.10. The standard InChI is InChI=1S/C16H23N7O2/c1-4-11(2)23-12-13(19-15(23)21-9-6-18-7-10-21)20(3)16(25)22(8-5-17)14(12)24/h11,18H,4,6-10H2,1-3H3. The summed E-state index contributed by atoms with van der Waals surface area (Å²) in [5.74, 6) is 0.715. The molecule has 0 aromatic carbocycles. The molecule has 3 heterocycles. The van der Waals surface area contributed by atoms with Gasteiger partial charge in [0.25, 0.3) is 5.56 Å². The molecule has 0 saturated carbocycles. The number of rotatable bonds is 4. The second-order valence-corrected chi connectivity index (χ2v) is 6.34. The van der Waals surface area contributed by atoms with Crippen molar-refractivity contribution < 1.29 is 0 Å². The molecule has 0 aliphatic carbocycles. The van der Waals surface area contributed by atoms with Gasteiger partial charge in [0.1, 0.15) is 6.54 Å². The van der Waals surface area contributed by atoms with Gasteiger partial charge in [-0.3, -0.25) is 9.36 Å². The summed E-state index contributed by atoms with van der Waals surface area (Å²) in [5.41, 5.74) is -0.202. The first-order chi connectivity index (χ1) is 12.0. The molecular weight excluding hydrogens is 322 g/mol. The molecule has 9 nitrogen and oxygen atoms in total. The lowest BCUT2D eigenvalue weighted by atomic mass is 10.2. The summed E-state index contributed by atoms with van der Waals surface area (Å²) >= 11 is 0. The van der Waals surface area contributed by atoms with E-state index in [-0.39, 0.29) is 12.6 Å². The van der Waals surface area contributed by atoms with Crippen molar-refractivity contribution in [3.05, 3.63) is 20.8 Å². The van der Waals surface area contributed by atoms with E-state index in [0.717, 1.165) is 37.2 Å². The first-order valence-electron chi connectivity index (χ1n) is 8.55. The van der Waals surface area contributed by atoms with Gasteiger partial charge in [0.15, 0.2) is 11.2 Å². The number of aryl methyl sites for hydroxylation is 1. The molecule has 0 amide bonds. The number of hydrogen-bond acceptors (Lipinski definition) is 6. The normalized spacial score (nSPS) is 16.2. The lowest BCUT2D eigenvalue weighted by Crippen LogP contribution is -2.45. The molecule has 0 radical (unpaired) electrons. The van der Waals surface area contributed by atoms with Crippen molar-refractivity contribution >= 4 is 17.1 Å². The van der Waals surface area contributed by atoms with Crippen molar-refractivity contribution in [3.63, 3.8) is 0 Å². The van der Waals surface area contributed by atoms with Crippen LogP contribution < -0.4 is 21.5 Å². The molecule has 1 aliphatic heterocycles. The van der Waals surface area contributed by atoms with Crippen molar-refractivity contribution in [2.24, 2.45) is 7.05 Å². The average molecular weight is 345 g/mol. The number of nitrogens with one attached hydrogen (secondary N) is 1. The maximum atomic E-state index is 12.9. The molecule has 1 unspecified atom stereocenters. The minimum absolute atomic E-state index is 0.0515. The Labute approximate surface area is 145 Å². The van der Waals surface area contributed by atoms with E-state index in [9.17, 15) is 9.59 Å². The molecule has 1 aliphatic rings. The number of fused-ring (bicyclic) bond motifs is 1. The van der Waals surface area contributed by atoms with Crippen molar-refractivity contribution in [2.45, 2.75) is 32.9 Å². The van der Waals surface area contributed by atoms with Gasteiger partial charge in [0, 0.05) is 39.3 Å². The molecular formula is C16H23N7O2. The monoisotopic (exact) mass is 345 g/mol. The summed E-state index contributed by atoms with van der Waals surface area (Å²) < 4.78 is 4.26. The lowest BCUT2D eigenvalue weighted by molar-refractivity contribution is 0.515. The largest absolute Gasteiger partial charge is 0.340 e. The highest BCUT2D eigenvalue weighted by atomic mass is 16.2. The van der Waals surface area contributed by atoms with E-state index in [1.165, 1.54) is 4.57 Å². The Bertz CT molecular complexity index is 941. The van der Waals surface area contributed by atoms with E-state index in [1.54, 1.807) is 7.05 Å². The second kappa shape index (κ2) is 6.72. The Morgan fingerprint density at radius 3 is 2.60 bits per heavy atom. The molecule has 0 spiro atoms. The minimum atomic E-state index is -0.514. The number of nitrogens with zero attached hydrogens (tertiary/aromatic N) is 6. The van der Waals surface area contributed by atoms with Crippen LogP contribution in [0.25, 0.3) is 11.2 Å². The van der Waals surface area contributed by atoms with Crippen molar-refractivity contribution in [1.29, 1.82) is 5.26 Å². The van der Waals surface area contributed by atoms with Crippen LogP contribution in [0.1, 0.15) is 26.3 Å². The van der Waals surface area contributed by atoms with E-state index < -0.39 is 11.2 Å². The van der Waals surface area contributed by atoms with Crippen molar-refractivity contribution in [2.75, 3.05) is 31.1 Å². The van der Waals surface area contributed by atoms with Gasteiger partial charge in [-0.05, 0) is 13.3 Å². The Hall–Kier alpha value is -2.60. The molecule has 1 fully saturated rings. The molecule has 2 aromatic rings. The summed E-state index contributed by atoms with van der Waals surface area (Å²) in [5, 5.41) is 12.3. The molecule has 1 atom stereocenters. The predicted molar refractivity (Wildman–Crippen MR) is 94.9 cm³/mol. The summed E-state index contributed by atoms with van der Waals surface area (Å²) in [6, 6.07) is 1.94. The van der Waals surface area contributed by atoms with Gasteiger partial charge in [0.2, 0.25) is 5.95 Å². The van der Waals surface area contributed by atoms with Crippen LogP contribution in [0.15, 0.2) is 9.59 Å². The van der Waals surface area contributed by atoms with Crippen LogP contribution in [-0.4, -0.2) is 44.9 Å². The fourth-order valence-electron chi connectivity index (χ4n) is 3.23. The van der Waals surface area contributed by atoms with Crippen LogP contribution in [0.4, 0.5) is 5.95 Å². The first-order valence-corrected chi connectivity index (χ1v) is 8.55. The quantitative estimate of drug-likeness (QED) is 0.824. The maximum absolute atomic E-state index is 12.9. The van der Waals surface area contributed by atoms with Crippen LogP contribution in [-0.2, 0) is 13.6 Å². The molecule has 2 aromatic heterocycles. The molecule has 1 saturated heterocycles. The molecule has 0 bridgehead atoms. The van der Waals surface area contributed by atoms with Crippen LogP contribution in [0.2, 0.25) is 0 Å². The Balaban J connectivity index is 2.36. The average Bonchev–Trinajstić information content (AvgIpc) is 3.04. The van der Waals surface area contributed by atoms with Gasteiger partial charge in [-0.25, -0.2) is 9.36 Å². The first kappa shape index (κ1) is 17.2. The van der Waals surface area contributed by atoms with Gasteiger partial charge in [0.05, 0.1) is 6.07 Å². The fraction of sp³-hybridized carbons (Fsp3) is 0.625. The highest BCUT2D eigenvalue weighted by Gasteiger charge is 2.26. The van der Waals surface area contributed by atoms with Crippen molar-refractivity contribution in [3.8, 4) is 6.07 Å². The number of hydrogen-bond donors (Lipinski definition) is 1. The summed E-state index contributed by atoms with van der Waals surface area (Å²) in [6.07, 6.45) is 0.824. The third-order valence-electron chi connectivity index (χ3n) is 4.82. The van der Waals surface area contributed by atoms with Gasteiger partial charge in [-0.15, -0.1) is 0 Å². The zero-order valence-electron chi connectivity index (χ0n) is 14.8. The summed E-state index contributed by atoms with van der Waals surface area (Å²) in [4.78, 5) is 32.2. The summed E-state index contributed by atoms with van der Waals surface area (Å²) in [7, 11) is 1.59. The highest BCUT2D eigenvalue weighted by molar-refractivity contribution is 5.75. The van der Waals surface area contributed by atoms with Gasteiger partial charge >= 0.3 is 5.69 Å². The number of anilines is 1. The molecule has 25 heavy (non-hydrogen) atoms.